The van der Waals surface area contributed by atoms with E-state index in [1.165, 1.54) is 5.56 Å². The molecular weight excluding hydrogens is 250 g/mol. The lowest BCUT2D eigenvalue weighted by atomic mass is 10.00. The zero-order valence-electron chi connectivity index (χ0n) is 12.1. The number of benzene rings is 1. The number of fused-ring (bicyclic) bond motifs is 1. The average Bonchev–Trinajstić information content (AvgIpc) is 2.62. The molecule has 1 aliphatic rings. The molecule has 1 heterocycles. The Labute approximate surface area is 120 Å². The second-order valence-electron chi connectivity index (χ2n) is 4.98. The van der Waals surface area contributed by atoms with Crippen LogP contribution in [0.3, 0.4) is 0 Å². The summed E-state index contributed by atoms with van der Waals surface area (Å²) in [5, 5.41) is 3.06. The molecule has 1 aromatic carbocycles. The van der Waals surface area contributed by atoms with Crippen LogP contribution in [0.2, 0.25) is 0 Å². The Hall–Kier alpha value is -2.03. The Bertz CT molecular complexity index is 532. The van der Waals surface area contributed by atoms with Crippen LogP contribution in [-0.2, 0) is 4.79 Å². The number of aryl methyl sites for hydroxylation is 1. The molecule has 1 aromatic rings. The van der Waals surface area contributed by atoms with Crippen LogP contribution in [0.4, 0.5) is 0 Å². The second-order valence-corrected chi connectivity index (χ2v) is 4.98. The van der Waals surface area contributed by atoms with Gasteiger partial charge in [0, 0.05) is 11.6 Å². The van der Waals surface area contributed by atoms with Crippen LogP contribution in [0, 0.1) is 6.92 Å². The maximum Gasteiger partial charge on any atom is 0.244 e. The van der Waals surface area contributed by atoms with Gasteiger partial charge >= 0.3 is 0 Å². The minimum atomic E-state index is -0.0672. The molecule has 3 nitrogen and oxygen atoms in total. The van der Waals surface area contributed by atoms with Crippen molar-refractivity contribution >= 4 is 5.91 Å². The molecule has 0 fully saturated rings. The van der Waals surface area contributed by atoms with E-state index in [0.717, 1.165) is 24.2 Å². The molecule has 106 valence electrons. The highest BCUT2D eigenvalue weighted by molar-refractivity contribution is 5.88. The summed E-state index contributed by atoms with van der Waals surface area (Å²) < 4.78 is 5.73. The van der Waals surface area contributed by atoms with Crippen LogP contribution in [-0.4, -0.2) is 12.5 Å². The second kappa shape index (κ2) is 6.94. The van der Waals surface area contributed by atoms with Gasteiger partial charge in [-0.25, -0.2) is 0 Å². The number of allylic oxidation sites excluding steroid dienone is 3. The Morgan fingerprint density at radius 2 is 2.25 bits per heavy atom. The van der Waals surface area contributed by atoms with Crippen LogP contribution in [0.25, 0.3) is 0 Å². The molecule has 3 heteroatoms. The van der Waals surface area contributed by atoms with Crippen molar-refractivity contribution in [3.63, 3.8) is 0 Å². The third-order valence-corrected chi connectivity index (χ3v) is 3.30. The van der Waals surface area contributed by atoms with Crippen LogP contribution < -0.4 is 10.1 Å². The third-order valence-electron chi connectivity index (χ3n) is 3.30. The normalized spacial score (nSPS) is 18.6. The molecule has 0 bridgehead atoms. The van der Waals surface area contributed by atoms with Gasteiger partial charge in [0.15, 0.2) is 0 Å². The zero-order valence-corrected chi connectivity index (χ0v) is 12.1. The predicted molar refractivity (Wildman–Crippen MR) is 80.7 cm³/mol. The van der Waals surface area contributed by atoms with E-state index in [-0.39, 0.29) is 11.9 Å². The highest BCUT2D eigenvalue weighted by atomic mass is 16.5. The molecule has 0 spiro atoms. The van der Waals surface area contributed by atoms with E-state index in [9.17, 15) is 4.79 Å². The van der Waals surface area contributed by atoms with Crippen molar-refractivity contribution in [2.24, 2.45) is 0 Å². The van der Waals surface area contributed by atoms with Gasteiger partial charge in [0.25, 0.3) is 0 Å². The number of hydrogen-bond acceptors (Lipinski definition) is 2. The summed E-state index contributed by atoms with van der Waals surface area (Å²) in [4.78, 5) is 11.9. The molecule has 1 N–H and O–H groups in total. The van der Waals surface area contributed by atoms with E-state index in [2.05, 4.69) is 18.3 Å². The van der Waals surface area contributed by atoms with E-state index in [4.69, 9.17) is 4.74 Å². The SMILES string of the molecule is C/C=C/C=C/C(=O)NC1CCCOc2ccc(C)cc21. The molecule has 0 saturated heterocycles. The van der Waals surface area contributed by atoms with Crippen molar-refractivity contribution in [1.82, 2.24) is 5.32 Å². The van der Waals surface area contributed by atoms with Crippen molar-refractivity contribution in [3.05, 3.63) is 53.6 Å². The predicted octanol–water partition coefficient (Wildman–Crippen LogP) is 3.46. The first-order valence-corrected chi connectivity index (χ1v) is 7.04. The Morgan fingerprint density at radius 3 is 3.05 bits per heavy atom. The van der Waals surface area contributed by atoms with Crippen LogP contribution in [0.15, 0.2) is 42.5 Å². The first-order valence-electron chi connectivity index (χ1n) is 7.04. The molecule has 0 saturated carbocycles. The van der Waals surface area contributed by atoms with Crippen LogP contribution in [0.1, 0.15) is 36.9 Å². The van der Waals surface area contributed by atoms with Gasteiger partial charge < -0.3 is 10.1 Å². The van der Waals surface area contributed by atoms with Gasteiger partial charge in [0.05, 0.1) is 12.6 Å². The van der Waals surface area contributed by atoms with Gasteiger partial charge in [-0.05, 0) is 32.8 Å². The van der Waals surface area contributed by atoms with Gasteiger partial charge in [-0.3, -0.25) is 4.79 Å². The molecule has 1 amide bonds. The van der Waals surface area contributed by atoms with Gasteiger partial charge in [-0.2, -0.15) is 0 Å². The summed E-state index contributed by atoms with van der Waals surface area (Å²) in [6.45, 7) is 4.68. The molecule has 1 unspecified atom stereocenters. The fourth-order valence-electron chi connectivity index (χ4n) is 2.32. The Kier molecular flexibility index (Phi) is 4.99. The zero-order chi connectivity index (χ0) is 14.4. The topological polar surface area (TPSA) is 38.3 Å². The van der Waals surface area contributed by atoms with Crippen LogP contribution in [0.5, 0.6) is 5.75 Å². The monoisotopic (exact) mass is 271 g/mol. The van der Waals surface area contributed by atoms with E-state index >= 15 is 0 Å². The first-order chi connectivity index (χ1) is 9.70. The number of ether oxygens (including phenoxy) is 1. The Balaban J connectivity index is 2.16. The number of carbonyl (C=O) groups excluding carboxylic acids is 1. The Morgan fingerprint density at radius 1 is 1.40 bits per heavy atom. The molecule has 0 radical (unpaired) electrons. The van der Waals surface area contributed by atoms with E-state index in [0.29, 0.717) is 6.61 Å². The first kappa shape index (κ1) is 14.4. The molecular formula is C17H21NO2. The summed E-state index contributed by atoms with van der Waals surface area (Å²) in [6.07, 6.45) is 8.88. The fraction of sp³-hybridized carbons (Fsp3) is 0.353. The van der Waals surface area contributed by atoms with Gasteiger partial charge in [0.1, 0.15) is 5.75 Å². The largest absolute Gasteiger partial charge is 0.493 e. The lowest BCUT2D eigenvalue weighted by molar-refractivity contribution is -0.117. The molecule has 0 aliphatic carbocycles. The smallest absolute Gasteiger partial charge is 0.244 e. The van der Waals surface area contributed by atoms with Gasteiger partial charge in [-0.1, -0.05) is 35.9 Å². The van der Waals surface area contributed by atoms with Crippen molar-refractivity contribution in [2.75, 3.05) is 6.61 Å². The molecule has 20 heavy (non-hydrogen) atoms. The summed E-state index contributed by atoms with van der Waals surface area (Å²) in [5.41, 5.74) is 2.26. The average molecular weight is 271 g/mol. The minimum absolute atomic E-state index is 0.0233. The number of amides is 1. The van der Waals surface area contributed by atoms with E-state index in [1.807, 2.05) is 31.2 Å². The van der Waals surface area contributed by atoms with E-state index in [1.54, 1.807) is 12.2 Å². The number of carbonyl (C=O) groups is 1. The minimum Gasteiger partial charge on any atom is -0.493 e. The third kappa shape index (κ3) is 3.73. The highest BCUT2D eigenvalue weighted by Gasteiger charge is 2.20. The summed E-state index contributed by atoms with van der Waals surface area (Å²) >= 11 is 0. The quantitative estimate of drug-likeness (QED) is 0.675. The molecule has 2 rings (SSSR count). The van der Waals surface area contributed by atoms with Crippen molar-refractivity contribution in [2.45, 2.75) is 32.7 Å². The molecule has 0 aromatic heterocycles. The lowest BCUT2D eigenvalue weighted by Gasteiger charge is -2.18. The van der Waals surface area contributed by atoms with Crippen LogP contribution >= 0.6 is 0 Å². The van der Waals surface area contributed by atoms with Crippen molar-refractivity contribution < 1.29 is 9.53 Å². The number of rotatable bonds is 3. The maximum atomic E-state index is 11.9. The number of nitrogens with one attached hydrogen (secondary N) is 1. The summed E-state index contributed by atoms with van der Waals surface area (Å²) in [5.74, 6) is 0.818. The highest BCUT2D eigenvalue weighted by Crippen LogP contribution is 2.32. The molecule has 1 aliphatic heterocycles. The standard InChI is InChI=1S/C17H21NO2/c1-3-4-5-8-17(19)18-15-7-6-11-20-16-10-9-13(2)12-14(15)16/h3-5,8-10,12,15H,6-7,11H2,1-2H3,(H,18,19)/b4-3+,8-5+. The fourth-order valence-corrected chi connectivity index (χ4v) is 2.32. The van der Waals surface area contributed by atoms with Gasteiger partial charge in [0.2, 0.25) is 5.91 Å². The summed E-state index contributed by atoms with van der Waals surface area (Å²) in [7, 11) is 0. The van der Waals surface area contributed by atoms with Gasteiger partial charge in [-0.15, -0.1) is 0 Å². The number of hydrogen-bond donors (Lipinski definition) is 1. The maximum absolute atomic E-state index is 11.9. The lowest BCUT2D eigenvalue weighted by Crippen LogP contribution is -2.26. The summed E-state index contributed by atoms with van der Waals surface area (Å²) in [6, 6.07) is 6.15. The van der Waals surface area contributed by atoms with Crippen molar-refractivity contribution in [1.29, 1.82) is 0 Å². The van der Waals surface area contributed by atoms with Crippen molar-refractivity contribution in [3.8, 4) is 5.75 Å². The molecule has 1 atom stereocenters. The van der Waals surface area contributed by atoms with E-state index < -0.39 is 0 Å².